The van der Waals surface area contributed by atoms with E-state index in [-0.39, 0.29) is 6.10 Å². The Bertz CT molecular complexity index is 475. The standard InChI is InChI=1S/C15H22N2OS/c1-10-7-8-17(9-13(10)18-3)14-11(2)5-4-6-12(14)15(16)19/h4-6,10,13H,7-9H2,1-3H3,(H2,16,19). The van der Waals surface area contributed by atoms with E-state index in [1.807, 2.05) is 12.1 Å². The lowest BCUT2D eigenvalue weighted by Crippen LogP contribution is -2.44. The molecule has 4 heteroatoms. The number of rotatable bonds is 3. The number of ether oxygens (including phenoxy) is 1. The van der Waals surface area contributed by atoms with Crippen molar-refractivity contribution >= 4 is 22.9 Å². The molecule has 1 aliphatic heterocycles. The molecule has 0 spiro atoms. The van der Waals surface area contributed by atoms with Crippen molar-refractivity contribution in [1.82, 2.24) is 0 Å². The fourth-order valence-electron chi connectivity index (χ4n) is 2.82. The molecule has 2 rings (SSSR count). The predicted octanol–water partition coefficient (Wildman–Crippen LogP) is 2.49. The quantitative estimate of drug-likeness (QED) is 0.862. The molecule has 1 saturated heterocycles. The lowest BCUT2D eigenvalue weighted by molar-refractivity contribution is 0.0498. The number of benzene rings is 1. The van der Waals surface area contributed by atoms with Gasteiger partial charge in [-0.15, -0.1) is 0 Å². The van der Waals surface area contributed by atoms with Crippen molar-refractivity contribution < 1.29 is 4.74 Å². The molecule has 2 N–H and O–H groups in total. The molecule has 1 aromatic carbocycles. The molecule has 0 radical (unpaired) electrons. The van der Waals surface area contributed by atoms with Gasteiger partial charge in [-0.3, -0.25) is 0 Å². The van der Waals surface area contributed by atoms with Crippen molar-refractivity contribution in [3.63, 3.8) is 0 Å². The number of para-hydroxylation sites is 1. The molecule has 0 aromatic heterocycles. The molecule has 1 aromatic rings. The lowest BCUT2D eigenvalue weighted by Gasteiger charge is -2.39. The van der Waals surface area contributed by atoms with Gasteiger partial charge in [0.15, 0.2) is 0 Å². The molecule has 2 atom stereocenters. The first-order chi connectivity index (χ1) is 9.04. The van der Waals surface area contributed by atoms with Crippen LogP contribution in [0.1, 0.15) is 24.5 Å². The van der Waals surface area contributed by atoms with Gasteiger partial charge in [-0.2, -0.15) is 0 Å². The van der Waals surface area contributed by atoms with E-state index >= 15 is 0 Å². The third-order valence-corrected chi connectivity index (χ3v) is 4.23. The van der Waals surface area contributed by atoms with Crippen LogP contribution in [0.15, 0.2) is 18.2 Å². The van der Waals surface area contributed by atoms with Gasteiger partial charge in [0.2, 0.25) is 0 Å². The summed E-state index contributed by atoms with van der Waals surface area (Å²) in [5.74, 6) is 0.596. The van der Waals surface area contributed by atoms with Crippen LogP contribution >= 0.6 is 12.2 Å². The second-order valence-electron chi connectivity index (χ2n) is 5.32. The van der Waals surface area contributed by atoms with Gasteiger partial charge >= 0.3 is 0 Å². The number of aryl methyl sites for hydroxylation is 1. The van der Waals surface area contributed by atoms with E-state index in [1.54, 1.807) is 7.11 Å². The molecular formula is C15H22N2OS. The van der Waals surface area contributed by atoms with E-state index in [0.29, 0.717) is 10.9 Å². The van der Waals surface area contributed by atoms with Crippen LogP contribution in [0.3, 0.4) is 0 Å². The number of piperidine rings is 1. The topological polar surface area (TPSA) is 38.5 Å². The Morgan fingerprint density at radius 1 is 1.47 bits per heavy atom. The first kappa shape index (κ1) is 14.3. The molecule has 3 nitrogen and oxygen atoms in total. The zero-order valence-corrected chi connectivity index (χ0v) is 12.7. The normalized spacial score (nSPS) is 23.4. The first-order valence-corrected chi connectivity index (χ1v) is 7.12. The number of anilines is 1. The fraction of sp³-hybridized carbons (Fsp3) is 0.533. The van der Waals surface area contributed by atoms with Crippen molar-refractivity contribution in [3.05, 3.63) is 29.3 Å². The molecule has 0 aliphatic carbocycles. The van der Waals surface area contributed by atoms with Gasteiger partial charge in [0.1, 0.15) is 4.99 Å². The minimum atomic E-state index is 0.271. The van der Waals surface area contributed by atoms with Gasteiger partial charge in [-0.1, -0.05) is 31.3 Å². The maximum atomic E-state index is 5.86. The third kappa shape index (κ3) is 2.90. The van der Waals surface area contributed by atoms with Crippen LogP contribution in [0, 0.1) is 12.8 Å². The van der Waals surface area contributed by atoms with Crippen LogP contribution < -0.4 is 10.6 Å². The molecule has 0 bridgehead atoms. The summed E-state index contributed by atoms with van der Waals surface area (Å²) in [6, 6.07) is 6.12. The van der Waals surface area contributed by atoms with Crippen LogP contribution in [0.25, 0.3) is 0 Å². The minimum Gasteiger partial charge on any atom is -0.389 e. The lowest BCUT2D eigenvalue weighted by atomic mass is 9.94. The SMILES string of the molecule is COC1CN(c2c(C)cccc2C(N)=S)CCC1C. The van der Waals surface area contributed by atoms with Gasteiger partial charge in [0, 0.05) is 31.5 Å². The Morgan fingerprint density at radius 2 is 2.21 bits per heavy atom. The first-order valence-electron chi connectivity index (χ1n) is 6.71. The van der Waals surface area contributed by atoms with Crippen LogP contribution in [0.5, 0.6) is 0 Å². The van der Waals surface area contributed by atoms with E-state index in [0.717, 1.165) is 25.1 Å². The molecule has 0 saturated carbocycles. The minimum absolute atomic E-state index is 0.271. The summed E-state index contributed by atoms with van der Waals surface area (Å²) in [5.41, 5.74) is 9.22. The summed E-state index contributed by atoms with van der Waals surface area (Å²) in [7, 11) is 1.79. The Kier molecular flexibility index (Phi) is 4.42. The molecule has 1 fully saturated rings. The van der Waals surface area contributed by atoms with Crippen molar-refractivity contribution in [1.29, 1.82) is 0 Å². The molecular weight excluding hydrogens is 256 g/mol. The Hall–Kier alpha value is -1.13. The number of nitrogens with two attached hydrogens (primary N) is 1. The van der Waals surface area contributed by atoms with E-state index in [1.165, 1.54) is 11.3 Å². The molecule has 104 valence electrons. The number of methoxy groups -OCH3 is 1. The molecule has 1 aliphatic rings. The summed E-state index contributed by atoms with van der Waals surface area (Å²) in [5, 5.41) is 0. The summed E-state index contributed by atoms with van der Waals surface area (Å²) in [6.45, 7) is 6.29. The maximum Gasteiger partial charge on any atom is 0.106 e. The van der Waals surface area contributed by atoms with Gasteiger partial charge < -0.3 is 15.4 Å². The zero-order chi connectivity index (χ0) is 14.0. The van der Waals surface area contributed by atoms with Crippen molar-refractivity contribution in [2.45, 2.75) is 26.4 Å². The molecule has 2 unspecified atom stereocenters. The Morgan fingerprint density at radius 3 is 2.84 bits per heavy atom. The zero-order valence-electron chi connectivity index (χ0n) is 11.8. The van der Waals surface area contributed by atoms with Crippen LogP contribution in [0.4, 0.5) is 5.69 Å². The third-order valence-electron chi connectivity index (χ3n) is 4.01. The van der Waals surface area contributed by atoms with Gasteiger partial charge in [0.05, 0.1) is 6.10 Å². The number of nitrogens with zero attached hydrogens (tertiary/aromatic N) is 1. The average Bonchev–Trinajstić information content (AvgIpc) is 2.39. The fourth-order valence-corrected chi connectivity index (χ4v) is 2.99. The average molecular weight is 278 g/mol. The Balaban J connectivity index is 2.34. The summed E-state index contributed by atoms with van der Waals surface area (Å²) in [6.07, 6.45) is 1.40. The van der Waals surface area contributed by atoms with E-state index < -0.39 is 0 Å². The highest BCUT2D eigenvalue weighted by atomic mass is 32.1. The second-order valence-corrected chi connectivity index (χ2v) is 5.76. The number of hydrogen-bond donors (Lipinski definition) is 1. The van der Waals surface area contributed by atoms with Crippen molar-refractivity contribution in [2.24, 2.45) is 11.7 Å². The highest BCUT2D eigenvalue weighted by Crippen LogP contribution is 2.30. The summed E-state index contributed by atoms with van der Waals surface area (Å²) in [4.78, 5) is 2.82. The largest absolute Gasteiger partial charge is 0.389 e. The Labute approximate surface area is 120 Å². The smallest absolute Gasteiger partial charge is 0.106 e. The maximum absolute atomic E-state index is 5.86. The van der Waals surface area contributed by atoms with Gasteiger partial charge in [-0.05, 0) is 30.9 Å². The van der Waals surface area contributed by atoms with Crippen LogP contribution in [-0.2, 0) is 4.74 Å². The second kappa shape index (κ2) is 5.88. The van der Waals surface area contributed by atoms with Crippen LogP contribution in [0.2, 0.25) is 0 Å². The highest BCUT2D eigenvalue weighted by molar-refractivity contribution is 7.80. The molecule has 19 heavy (non-hydrogen) atoms. The van der Waals surface area contributed by atoms with Gasteiger partial charge in [0.25, 0.3) is 0 Å². The molecule has 0 amide bonds. The highest BCUT2D eigenvalue weighted by Gasteiger charge is 2.28. The van der Waals surface area contributed by atoms with E-state index in [4.69, 9.17) is 22.7 Å². The monoisotopic (exact) mass is 278 g/mol. The van der Waals surface area contributed by atoms with E-state index in [2.05, 4.69) is 24.8 Å². The summed E-state index contributed by atoms with van der Waals surface area (Å²) >= 11 is 5.18. The number of hydrogen-bond acceptors (Lipinski definition) is 3. The predicted molar refractivity (Wildman–Crippen MR) is 83.9 cm³/mol. The van der Waals surface area contributed by atoms with E-state index in [9.17, 15) is 0 Å². The summed E-state index contributed by atoms with van der Waals surface area (Å²) < 4.78 is 5.59. The van der Waals surface area contributed by atoms with Crippen molar-refractivity contribution in [3.8, 4) is 0 Å². The van der Waals surface area contributed by atoms with Gasteiger partial charge in [-0.25, -0.2) is 0 Å². The van der Waals surface area contributed by atoms with Crippen molar-refractivity contribution in [2.75, 3.05) is 25.1 Å². The molecule has 1 heterocycles. The number of thiocarbonyl (C=S) groups is 1. The van der Waals surface area contributed by atoms with Crippen LogP contribution in [-0.4, -0.2) is 31.3 Å².